The third-order valence-corrected chi connectivity index (χ3v) is 3.92. The van der Waals surface area contributed by atoms with Gasteiger partial charge in [0.1, 0.15) is 5.69 Å². The minimum absolute atomic E-state index is 0.0574. The molecule has 21 heavy (non-hydrogen) atoms. The molecule has 1 amide bonds. The highest BCUT2D eigenvalue weighted by molar-refractivity contribution is 5.96. The summed E-state index contributed by atoms with van der Waals surface area (Å²) in [6.45, 7) is 5.92. The van der Waals surface area contributed by atoms with Crippen molar-refractivity contribution in [3.05, 3.63) is 22.2 Å². The van der Waals surface area contributed by atoms with Crippen molar-refractivity contribution in [3.63, 3.8) is 0 Å². The Morgan fingerprint density at radius 1 is 1.43 bits per heavy atom. The highest BCUT2D eigenvalue weighted by atomic mass is 16.6. The number of carbonyl (C=O) groups is 1. The lowest BCUT2D eigenvalue weighted by molar-refractivity contribution is -0.384. The van der Waals surface area contributed by atoms with E-state index in [2.05, 4.69) is 10.6 Å². The van der Waals surface area contributed by atoms with E-state index in [1.807, 2.05) is 20.8 Å². The van der Waals surface area contributed by atoms with Crippen molar-refractivity contribution in [2.24, 2.45) is 0 Å². The first-order valence-corrected chi connectivity index (χ1v) is 6.92. The van der Waals surface area contributed by atoms with Crippen LogP contribution < -0.4 is 15.4 Å². The van der Waals surface area contributed by atoms with Crippen LogP contribution in [0.25, 0.3) is 0 Å². The van der Waals surface area contributed by atoms with Crippen molar-refractivity contribution in [3.8, 4) is 5.75 Å². The lowest BCUT2D eigenvalue weighted by atomic mass is 9.95. The normalized spacial score (nSPS) is 14.0. The van der Waals surface area contributed by atoms with Crippen molar-refractivity contribution in [2.45, 2.75) is 39.2 Å². The molecule has 1 aromatic rings. The second-order valence-electron chi connectivity index (χ2n) is 5.35. The van der Waals surface area contributed by atoms with E-state index in [4.69, 9.17) is 4.74 Å². The molecule has 0 aromatic heterocycles. The molecule has 0 atom stereocenters. The zero-order valence-corrected chi connectivity index (χ0v) is 12.4. The number of nitro groups is 1. The number of ether oxygens (including phenoxy) is 1. The molecule has 114 valence electrons. The monoisotopic (exact) mass is 293 g/mol. The van der Waals surface area contributed by atoms with Crippen LogP contribution in [-0.2, 0) is 4.79 Å². The van der Waals surface area contributed by atoms with Gasteiger partial charge in [-0.2, -0.15) is 0 Å². The number of hydrogen-bond donors (Lipinski definition) is 2. The third kappa shape index (κ3) is 3.07. The van der Waals surface area contributed by atoms with Crippen LogP contribution in [0.4, 0.5) is 17.1 Å². The Morgan fingerprint density at radius 3 is 2.67 bits per heavy atom. The minimum Gasteiger partial charge on any atom is -0.481 e. The van der Waals surface area contributed by atoms with Gasteiger partial charge in [0.15, 0.2) is 12.4 Å². The van der Waals surface area contributed by atoms with Gasteiger partial charge in [0.2, 0.25) is 0 Å². The summed E-state index contributed by atoms with van der Waals surface area (Å²) in [4.78, 5) is 22.2. The van der Waals surface area contributed by atoms with Gasteiger partial charge in [0, 0.05) is 5.54 Å². The maximum atomic E-state index is 11.4. The number of amides is 1. The fourth-order valence-corrected chi connectivity index (χ4v) is 2.12. The van der Waals surface area contributed by atoms with Crippen molar-refractivity contribution in [1.29, 1.82) is 0 Å². The molecular formula is C14H19N3O4. The maximum absolute atomic E-state index is 11.4. The van der Waals surface area contributed by atoms with Crippen LogP contribution >= 0.6 is 0 Å². The van der Waals surface area contributed by atoms with Crippen molar-refractivity contribution in [1.82, 2.24) is 0 Å². The number of nitrogens with one attached hydrogen (secondary N) is 2. The van der Waals surface area contributed by atoms with Crippen molar-refractivity contribution >= 4 is 23.0 Å². The third-order valence-electron chi connectivity index (χ3n) is 3.92. The van der Waals surface area contributed by atoms with Gasteiger partial charge in [-0.05, 0) is 25.8 Å². The van der Waals surface area contributed by atoms with Gasteiger partial charge in [-0.25, -0.2) is 0 Å². The molecule has 0 aliphatic carbocycles. The Kier molecular flexibility index (Phi) is 4.02. The summed E-state index contributed by atoms with van der Waals surface area (Å²) in [5.74, 6) is 0.0533. The largest absolute Gasteiger partial charge is 0.481 e. The van der Waals surface area contributed by atoms with E-state index in [0.29, 0.717) is 17.1 Å². The smallest absolute Gasteiger partial charge is 0.296 e. The van der Waals surface area contributed by atoms with Gasteiger partial charge in [0.05, 0.1) is 16.7 Å². The number of nitrogens with zero attached hydrogens (tertiary/aromatic N) is 1. The van der Waals surface area contributed by atoms with Gasteiger partial charge < -0.3 is 15.4 Å². The molecular weight excluding hydrogens is 274 g/mol. The van der Waals surface area contributed by atoms with E-state index in [0.717, 1.165) is 12.8 Å². The summed E-state index contributed by atoms with van der Waals surface area (Å²) < 4.78 is 5.22. The molecule has 2 N–H and O–H groups in total. The van der Waals surface area contributed by atoms with Crippen LogP contribution in [0.15, 0.2) is 12.1 Å². The van der Waals surface area contributed by atoms with E-state index in [1.165, 1.54) is 6.07 Å². The highest BCUT2D eigenvalue weighted by Gasteiger charge is 2.27. The molecule has 0 spiro atoms. The Hall–Kier alpha value is -2.31. The predicted molar refractivity (Wildman–Crippen MR) is 79.8 cm³/mol. The predicted octanol–water partition coefficient (Wildman–Crippen LogP) is 2.92. The summed E-state index contributed by atoms with van der Waals surface area (Å²) in [5, 5.41) is 17.1. The quantitative estimate of drug-likeness (QED) is 0.643. The molecule has 0 fully saturated rings. The van der Waals surface area contributed by atoms with Crippen molar-refractivity contribution < 1.29 is 14.5 Å². The van der Waals surface area contributed by atoms with E-state index < -0.39 is 4.92 Å². The first-order valence-electron chi connectivity index (χ1n) is 6.92. The average molecular weight is 293 g/mol. The van der Waals surface area contributed by atoms with E-state index in [1.54, 1.807) is 6.07 Å². The Labute approximate surface area is 122 Å². The summed E-state index contributed by atoms with van der Waals surface area (Å²) in [7, 11) is 0. The number of fused-ring (bicyclic) bond motifs is 1. The molecule has 1 aliphatic heterocycles. The first-order chi connectivity index (χ1) is 9.88. The summed E-state index contributed by atoms with van der Waals surface area (Å²) >= 11 is 0. The standard InChI is InChI=1S/C14H19N3O4/c1-4-14(3,5-2)16-9-6-10-12(7-11(9)17(19)20)21-8-13(18)15-10/h6-7,16H,4-5,8H2,1-3H3,(H,15,18). The van der Waals surface area contributed by atoms with Crippen LogP contribution in [0.5, 0.6) is 5.75 Å². The van der Waals surface area contributed by atoms with E-state index in [-0.39, 0.29) is 23.7 Å². The van der Waals surface area contributed by atoms with Gasteiger partial charge in [-0.1, -0.05) is 13.8 Å². The lowest BCUT2D eigenvalue weighted by Crippen LogP contribution is -2.33. The molecule has 1 aliphatic rings. The Bertz CT molecular complexity index is 582. The Morgan fingerprint density at radius 2 is 2.10 bits per heavy atom. The number of anilines is 2. The number of carbonyl (C=O) groups excluding carboxylic acids is 1. The van der Waals surface area contributed by atoms with Gasteiger partial charge in [-0.3, -0.25) is 14.9 Å². The first kappa shape index (κ1) is 15.1. The van der Waals surface area contributed by atoms with Crippen LogP contribution in [0.2, 0.25) is 0 Å². The molecule has 0 unspecified atom stereocenters. The molecule has 7 heteroatoms. The summed E-state index contributed by atoms with van der Waals surface area (Å²) in [6, 6.07) is 2.91. The molecule has 0 radical (unpaired) electrons. The summed E-state index contributed by atoms with van der Waals surface area (Å²) in [5.41, 5.74) is 0.529. The maximum Gasteiger partial charge on any atom is 0.296 e. The van der Waals surface area contributed by atoms with Gasteiger partial charge in [-0.15, -0.1) is 0 Å². The number of rotatable bonds is 5. The number of benzene rings is 1. The summed E-state index contributed by atoms with van der Waals surface area (Å²) in [6.07, 6.45) is 1.64. The van der Waals surface area contributed by atoms with E-state index in [9.17, 15) is 14.9 Å². The topological polar surface area (TPSA) is 93.5 Å². The average Bonchev–Trinajstić information content (AvgIpc) is 2.46. The molecule has 7 nitrogen and oxygen atoms in total. The highest BCUT2D eigenvalue weighted by Crippen LogP contribution is 2.39. The zero-order valence-electron chi connectivity index (χ0n) is 12.4. The van der Waals surface area contributed by atoms with Crippen LogP contribution in [0.1, 0.15) is 33.6 Å². The fourth-order valence-electron chi connectivity index (χ4n) is 2.12. The Balaban J connectivity index is 2.45. The molecule has 1 heterocycles. The second kappa shape index (κ2) is 5.59. The lowest BCUT2D eigenvalue weighted by Gasteiger charge is -2.30. The van der Waals surface area contributed by atoms with Crippen LogP contribution in [-0.4, -0.2) is 23.0 Å². The molecule has 2 rings (SSSR count). The van der Waals surface area contributed by atoms with Crippen LogP contribution in [0.3, 0.4) is 0 Å². The molecule has 0 bridgehead atoms. The number of nitro benzene ring substituents is 1. The minimum atomic E-state index is -0.450. The second-order valence-corrected chi connectivity index (χ2v) is 5.35. The zero-order chi connectivity index (χ0) is 15.6. The van der Waals surface area contributed by atoms with Crippen LogP contribution in [0, 0.1) is 10.1 Å². The molecule has 0 saturated carbocycles. The van der Waals surface area contributed by atoms with Crippen molar-refractivity contribution in [2.75, 3.05) is 17.2 Å². The molecule has 0 saturated heterocycles. The fraction of sp³-hybridized carbons (Fsp3) is 0.500. The van der Waals surface area contributed by atoms with Gasteiger partial charge in [0.25, 0.3) is 11.6 Å². The molecule has 1 aromatic carbocycles. The van der Waals surface area contributed by atoms with E-state index >= 15 is 0 Å². The SMILES string of the molecule is CCC(C)(CC)Nc1cc2c(cc1[N+](=O)[O-])OCC(=O)N2. The number of hydrogen-bond acceptors (Lipinski definition) is 5. The van der Waals surface area contributed by atoms with Gasteiger partial charge >= 0.3 is 0 Å².